The first kappa shape index (κ1) is 38.3. The SMILES string of the molecule is CS[C@@H]1O[C@H](CO[Si](c2ccccc2)(c2ccccc2)C(C)(C)C)[C@@H](O)[C@H](OC(=O)NS(=O)(=O)c2ccc(C)cc2)[C@H]1OC(=O)c1ccccc1. The number of rotatable bonds is 11. The van der Waals surface area contributed by atoms with Crippen molar-refractivity contribution in [1.82, 2.24) is 4.72 Å². The number of esters is 1. The molecule has 1 amide bonds. The van der Waals surface area contributed by atoms with Gasteiger partial charge in [-0.25, -0.2) is 22.7 Å². The molecule has 5 atom stereocenters. The molecular formula is C38H43NO9S2Si. The van der Waals surface area contributed by atoms with E-state index in [1.54, 1.807) is 55.6 Å². The molecule has 4 aromatic rings. The van der Waals surface area contributed by atoms with Gasteiger partial charge in [-0.1, -0.05) is 117 Å². The number of benzene rings is 4. The molecule has 1 aliphatic heterocycles. The van der Waals surface area contributed by atoms with Crippen LogP contribution in [0.2, 0.25) is 5.04 Å². The van der Waals surface area contributed by atoms with Crippen molar-refractivity contribution >= 4 is 52.5 Å². The topological polar surface area (TPSA) is 137 Å². The predicted molar refractivity (Wildman–Crippen MR) is 199 cm³/mol. The fourth-order valence-electron chi connectivity index (χ4n) is 6.25. The van der Waals surface area contributed by atoms with Gasteiger partial charge in [0.25, 0.3) is 18.3 Å². The summed E-state index contributed by atoms with van der Waals surface area (Å²) < 4.78 is 53.0. The number of aliphatic hydroxyl groups is 1. The van der Waals surface area contributed by atoms with E-state index in [-0.39, 0.29) is 22.1 Å². The second-order valence-corrected chi connectivity index (χ2v) is 20.2. The number of aryl methyl sites for hydroxylation is 1. The van der Waals surface area contributed by atoms with Gasteiger partial charge < -0.3 is 23.7 Å². The molecule has 51 heavy (non-hydrogen) atoms. The summed E-state index contributed by atoms with van der Waals surface area (Å²) in [4.78, 5) is 26.4. The van der Waals surface area contributed by atoms with Crippen LogP contribution in [0.25, 0.3) is 0 Å². The summed E-state index contributed by atoms with van der Waals surface area (Å²) in [6.45, 7) is 8.04. The van der Waals surface area contributed by atoms with Gasteiger partial charge in [0.05, 0.1) is 17.1 Å². The first-order valence-corrected chi connectivity index (χ1v) is 21.1. The van der Waals surface area contributed by atoms with Crippen molar-refractivity contribution in [1.29, 1.82) is 0 Å². The molecule has 0 bridgehead atoms. The standard InChI is InChI=1S/C38H43NO9S2Si/c1-26-21-23-28(24-22-26)50(43,44)39-37(42)48-33-32(40)31(46-36(49-5)34(33)47-35(41)27-15-9-6-10-16-27)25-45-51(38(2,3)4,29-17-11-7-12-18-29)30-19-13-8-14-20-30/h6-24,31-34,36,40H,25H2,1-5H3,(H,39,42)/t31-,32-,33+,34-,36+/m1/s1. The van der Waals surface area contributed by atoms with Crippen LogP contribution in [-0.2, 0) is 28.7 Å². The minimum atomic E-state index is -4.34. The Balaban J connectivity index is 1.48. The number of amides is 1. The highest BCUT2D eigenvalue weighted by Gasteiger charge is 2.54. The van der Waals surface area contributed by atoms with Crippen molar-refractivity contribution in [3.8, 4) is 0 Å². The Bertz CT molecular complexity index is 1830. The highest BCUT2D eigenvalue weighted by atomic mass is 32.2. The minimum absolute atomic E-state index is 0.117. The highest BCUT2D eigenvalue weighted by molar-refractivity contribution is 7.99. The molecule has 5 rings (SSSR count). The maximum atomic E-state index is 13.3. The number of sulfonamides is 1. The molecule has 0 radical (unpaired) electrons. The monoisotopic (exact) mass is 749 g/mol. The Morgan fingerprint density at radius 3 is 1.86 bits per heavy atom. The van der Waals surface area contributed by atoms with Gasteiger partial charge in [0.2, 0.25) is 0 Å². The van der Waals surface area contributed by atoms with E-state index in [1.807, 2.05) is 65.4 Å². The Kier molecular flexibility index (Phi) is 12.1. The van der Waals surface area contributed by atoms with Gasteiger partial charge in [0, 0.05) is 0 Å². The van der Waals surface area contributed by atoms with E-state index < -0.39 is 60.3 Å². The number of hydrogen-bond donors (Lipinski definition) is 2. The zero-order valence-electron chi connectivity index (χ0n) is 29.1. The summed E-state index contributed by atoms with van der Waals surface area (Å²) in [5.74, 6) is -0.737. The van der Waals surface area contributed by atoms with Gasteiger partial charge >= 0.3 is 12.1 Å². The average Bonchev–Trinajstić information content (AvgIpc) is 3.11. The molecular weight excluding hydrogens is 707 g/mol. The van der Waals surface area contributed by atoms with E-state index in [0.717, 1.165) is 15.9 Å². The molecule has 10 nitrogen and oxygen atoms in total. The van der Waals surface area contributed by atoms with E-state index in [2.05, 4.69) is 20.8 Å². The molecule has 1 fully saturated rings. The summed E-state index contributed by atoms with van der Waals surface area (Å²) in [7, 11) is -7.43. The molecule has 0 spiro atoms. The van der Waals surface area contributed by atoms with Gasteiger partial charge in [-0.15, -0.1) is 11.8 Å². The third-order valence-corrected chi connectivity index (χ3v) is 16.0. The van der Waals surface area contributed by atoms with E-state index >= 15 is 0 Å². The average molecular weight is 750 g/mol. The number of carbonyl (C=O) groups excluding carboxylic acids is 2. The van der Waals surface area contributed by atoms with Crippen molar-refractivity contribution in [3.05, 3.63) is 126 Å². The van der Waals surface area contributed by atoms with Gasteiger partial charge in [-0.2, -0.15) is 0 Å². The van der Waals surface area contributed by atoms with Crippen LogP contribution in [0.15, 0.2) is 120 Å². The van der Waals surface area contributed by atoms with Gasteiger partial charge in [0.1, 0.15) is 17.6 Å². The number of aliphatic hydroxyl groups excluding tert-OH is 1. The van der Waals surface area contributed by atoms with Crippen LogP contribution >= 0.6 is 11.8 Å². The lowest BCUT2D eigenvalue weighted by Crippen LogP contribution is -2.68. The fourth-order valence-corrected chi connectivity index (χ4v) is 12.4. The molecule has 1 heterocycles. The van der Waals surface area contributed by atoms with E-state index in [1.165, 1.54) is 23.9 Å². The number of hydrogen-bond acceptors (Lipinski definition) is 10. The second kappa shape index (κ2) is 16.1. The minimum Gasteiger partial charge on any atom is -0.451 e. The lowest BCUT2D eigenvalue weighted by Gasteiger charge is -2.46. The van der Waals surface area contributed by atoms with E-state index in [9.17, 15) is 23.1 Å². The molecule has 13 heteroatoms. The molecule has 2 N–H and O–H groups in total. The summed E-state index contributed by atoms with van der Waals surface area (Å²) in [5.41, 5.74) is 0.133. The molecule has 0 aromatic heterocycles. The van der Waals surface area contributed by atoms with E-state index in [0.29, 0.717) is 0 Å². The van der Waals surface area contributed by atoms with Crippen LogP contribution in [0, 0.1) is 6.92 Å². The van der Waals surface area contributed by atoms with Gasteiger partial charge in [-0.3, -0.25) is 0 Å². The van der Waals surface area contributed by atoms with Gasteiger partial charge in [0.15, 0.2) is 12.2 Å². The Hall–Kier alpha value is -3.98. The van der Waals surface area contributed by atoms with Crippen molar-refractivity contribution < 1.29 is 41.7 Å². The summed E-state index contributed by atoms with van der Waals surface area (Å²) in [6, 6.07) is 34.0. The molecule has 0 aliphatic carbocycles. The van der Waals surface area contributed by atoms with Crippen LogP contribution in [0.5, 0.6) is 0 Å². The normalized spacial score (nSPS) is 21.0. The largest absolute Gasteiger partial charge is 0.451 e. The molecule has 4 aromatic carbocycles. The zero-order chi connectivity index (χ0) is 36.8. The lowest BCUT2D eigenvalue weighted by molar-refractivity contribution is -0.204. The lowest BCUT2D eigenvalue weighted by atomic mass is 9.99. The van der Waals surface area contributed by atoms with E-state index in [4.69, 9.17) is 18.6 Å². The molecule has 0 unspecified atom stereocenters. The molecule has 270 valence electrons. The van der Waals surface area contributed by atoms with Crippen LogP contribution in [0.4, 0.5) is 4.79 Å². The highest BCUT2D eigenvalue weighted by Crippen LogP contribution is 2.38. The van der Waals surface area contributed by atoms with Crippen molar-refractivity contribution in [2.75, 3.05) is 12.9 Å². The first-order valence-electron chi connectivity index (χ1n) is 16.4. The summed E-state index contributed by atoms with van der Waals surface area (Å²) in [6.07, 6.45) is -5.14. The quantitative estimate of drug-likeness (QED) is 0.159. The van der Waals surface area contributed by atoms with Crippen LogP contribution in [0.1, 0.15) is 36.7 Å². The number of thioether (sulfide) groups is 1. The maximum Gasteiger partial charge on any atom is 0.421 e. The predicted octanol–water partition coefficient (Wildman–Crippen LogP) is 5.03. The Morgan fingerprint density at radius 1 is 0.824 bits per heavy atom. The smallest absolute Gasteiger partial charge is 0.421 e. The van der Waals surface area contributed by atoms with Crippen molar-refractivity contribution in [3.63, 3.8) is 0 Å². The third kappa shape index (κ3) is 8.57. The maximum absolute atomic E-state index is 13.3. The van der Waals surface area contributed by atoms with Crippen molar-refractivity contribution in [2.24, 2.45) is 0 Å². The molecule has 1 saturated heterocycles. The summed E-state index contributed by atoms with van der Waals surface area (Å²) in [5, 5.41) is 13.5. The summed E-state index contributed by atoms with van der Waals surface area (Å²) >= 11 is 1.19. The van der Waals surface area contributed by atoms with Gasteiger partial charge in [-0.05, 0) is 52.9 Å². The fraction of sp³-hybridized carbons (Fsp3) is 0.316. The number of carbonyl (C=O) groups is 2. The molecule has 1 aliphatic rings. The number of ether oxygens (including phenoxy) is 3. The molecule has 0 saturated carbocycles. The van der Waals surface area contributed by atoms with Crippen molar-refractivity contribution in [2.45, 2.75) is 67.5 Å². The third-order valence-electron chi connectivity index (χ3n) is 8.78. The van der Waals surface area contributed by atoms with Crippen LogP contribution in [0.3, 0.4) is 0 Å². The Labute approximate surface area is 304 Å². The second-order valence-electron chi connectivity index (χ2n) is 13.3. The zero-order valence-corrected chi connectivity index (χ0v) is 31.7. The van der Waals surface area contributed by atoms with Crippen LogP contribution in [-0.4, -0.2) is 76.6 Å². The first-order chi connectivity index (χ1) is 24.3. The Morgan fingerprint density at radius 2 is 1.35 bits per heavy atom. The van der Waals surface area contributed by atoms with Crippen LogP contribution < -0.4 is 15.1 Å². The number of nitrogens with one attached hydrogen (secondary N) is 1.